The molecule has 0 radical (unpaired) electrons. The molecule has 0 saturated carbocycles. The van der Waals surface area contributed by atoms with Gasteiger partial charge in [-0.15, -0.1) is 11.3 Å². The second kappa shape index (κ2) is 6.50. The third-order valence-electron chi connectivity index (χ3n) is 3.06. The first-order valence-electron chi connectivity index (χ1n) is 7.16. The summed E-state index contributed by atoms with van der Waals surface area (Å²) in [7, 11) is 0. The van der Waals surface area contributed by atoms with Crippen LogP contribution in [0.3, 0.4) is 0 Å². The molecule has 0 saturated heterocycles. The first-order valence-corrected chi connectivity index (χ1v) is 8.04. The summed E-state index contributed by atoms with van der Waals surface area (Å²) < 4.78 is 1.97. The molecule has 0 unspecified atom stereocenters. The zero-order valence-electron chi connectivity index (χ0n) is 12.8. The van der Waals surface area contributed by atoms with Gasteiger partial charge in [-0.25, -0.2) is 4.98 Å². The predicted molar refractivity (Wildman–Crippen MR) is 84.1 cm³/mol. The van der Waals surface area contributed by atoms with Gasteiger partial charge in [-0.1, -0.05) is 27.7 Å². The normalized spacial score (nSPS) is 12.0. The van der Waals surface area contributed by atoms with Crippen LogP contribution in [-0.2, 0) is 18.5 Å². The lowest BCUT2D eigenvalue weighted by Crippen LogP contribution is -2.13. The van der Waals surface area contributed by atoms with E-state index >= 15 is 0 Å². The number of hydrogen-bond donors (Lipinski definition) is 1. The number of rotatable bonds is 6. The third-order valence-corrected chi connectivity index (χ3v) is 3.89. The molecule has 4 nitrogen and oxygen atoms in total. The Hall–Kier alpha value is -1.20. The van der Waals surface area contributed by atoms with Crippen molar-refractivity contribution in [3.63, 3.8) is 0 Å². The minimum Gasteiger partial charge on any atom is -0.313 e. The van der Waals surface area contributed by atoms with Crippen molar-refractivity contribution in [3.05, 3.63) is 34.0 Å². The second-order valence-electron chi connectivity index (χ2n) is 6.10. The van der Waals surface area contributed by atoms with Gasteiger partial charge in [0.05, 0.1) is 18.4 Å². The Morgan fingerprint density at radius 2 is 2.15 bits per heavy atom. The van der Waals surface area contributed by atoms with E-state index < -0.39 is 0 Å². The summed E-state index contributed by atoms with van der Waals surface area (Å²) in [6, 6.07) is 0. The Morgan fingerprint density at radius 1 is 1.35 bits per heavy atom. The maximum atomic E-state index is 4.70. The van der Waals surface area contributed by atoms with Gasteiger partial charge >= 0.3 is 0 Å². The highest BCUT2D eigenvalue weighted by Gasteiger charge is 2.17. The van der Waals surface area contributed by atoms with Crippen LogP contribution in [0.25, 0.3) is 0 Å². The molecule has 2 aromatic rings. The highest BCUT2D eigenvalue weighted by Crippen LogP contribution is 2.24. The summed E-state index contributed by atoms with van der Waals surface area (Å²) in [4.78, 5) is 4.70. The molecule has 0 amide bonds. The molecule has 5 heteroatoms. The molecule has 2 heterocycles. The molecule has 0 aliphatic carbocycles. The standard InChI is InChI=1S/C15H24N4S/c1-5-6-16-7-12-8-17-19(9-12)10-14-18-13(11-20-14)15(2,3)4/h8-9,11,16H,5-7,10H2,1-4H3. The summed E-state index contributed by atoms with van der Waals surface area (Å²) in [6.07, 6.45) is 5.19. The minimum absolute atomic E-state index is 0.119. The summed E-state index contributed by atoms with van der Waals surface area (Å²) in [6.45, 7) is 11.4. The summed E-state index contributed by atoms with van der Waals surface area (Å²) >= 11 is 1.71. The van der Waals surface area contributed by atoms with Crippen LogP contribution in [0.4, 0.5) is 0 Å². The van der Waals surface area contributed by atoms with Gasteiger partial charge in [-0.2, -0.15) is 5.10 Å². The highest BCUT2D eigenvalue weighted by molar-refractivity contribution is 7.09. The number of aromatic nitrogens is 3. The quantitative estimate of drug-likeness (QED) is 0.832. The van der Waals surface area contributed by atoms with Gasteiger partial charge < -0.3 is 5.32 Å². The zero-order chi connectivity index (χ0) is 14.6. The van der Waals surface area contributed by atoms with Gasteiger partial charge in [0.15, 0.2) is 0 Å². The number of nitrogens with zero attached hydrogens (tertiary/aromatic N) is 3. The van der Waals surface area contributed by atoms with Crippen molar-refractivity contribution in [2.24, 2.45) is 0 Å². The van der Waals surface area contributed by atoms with Crippen molar-refractivity contribution in [1.29, 1.82) is 0 Å². The van der Waals surface area contributed by atoms with Gasteiger partial charge in [-0.3, -0.25) is 4.68 Å². The lowest BCUT2D eigenvalue weighted by Gasteiger charge is -2.14. The maximum absolute atomic E-state index is 4.70. The molecular formula is C15H24N4S. The highest BCUT2D eigenvalue weighted by atomic mass is 32.1. The fourth-order valence-electron chi connectivity index (χ4n) is 1.86. The molecule has 0 aromatic carbocycles. The SMILES string of the molecule is CCCNCc1cnn(Cc2nc(C(C)(C)C)cs2)c1. The minimum atomic E-state index is 0.119. The van der Waals surface area contributed by atoms with E-state index in [9.17, 15) is 0 Å². The smallest absolute Gasteiger partial charge is 0.114 e. The van der Waals surface area contributed by atoms with Crippen molar-refractivity contribution in [1.82, 2.24) is 20.1 Å². The van der Waals surface area contributed by atoms with E-state index in [-0.39, 0.29) is 5.41 Å². The molecule has 0 spiro atoms. The van der Waals surface area contributed by atoms with Crippen molar-refractivity contribution >= 4 is 11.3 Å². The summed E-state index contributed by atoms with van der Waals surface area (Å²) in [5, 5.41) is 11.1. The van der Waals surface area contributed by atoms with Crippen LogP contribution < -0.4 is 5.32 Å². The summed E-state index contributed by atoms with van der Waals surface area (Å²) in [5.74, 6) is 0. The van der Waals surface area contributed by atoms with Gasteiger partial charge in [0.1, 0.15) is 5.01 Å². The van der Waals surface area contributed by atoms with Crippen LogP contribution in [0, 0.1) is 0 Å². The average molecular weight is 292 g/mol. The van der Waals surface area contributed by atoms with Crippen LogP contribution in [-0.4, -0.2) is 21.3 Å². The zero-order valence-corrected chi connectivity index (χ0v) is 13.6. The topological polar surface area (TPSA) is 42.7 Å². The van der Waals surface area contributed by atoms with Gasteiger partial charge in [0, 0.05) is 29.1 Å². The predicted octanol–water partition coefficient (Wildman–Crippen LogP) is 3.19. The van der Waals surface area contributed by atoms with Crippen LogP contribution in [0.2, 0.25) is 0 Å². The van der Waals surface area contributed by atoms with E-state index in [1.165, 1.54) is 5.56 Å². The first kappa shape index (κ1) is 15.2. The Morgan fingerprint density at radius 3 is 2.80 bits per heavy atom. The molecule has 0 atom stereocenters. The van der Waals surface area contributed by atoms with Crippen LogP contribution in [0.1, 0.15) is 50.4 Å². The van der Waals surface area contributed by atoms with Crippen molar-refractivity contribution < 1.29 is 0 Å². The molecular weight excluding hydrogens is 268 g/mol. The molecule has 1 N–H and O–H groups in total. The molecule has 0 aliphatic rings. The van der Waals surface area contributed by atoms with Crippen molar-refractivity contribution in [2.75, 3.05) is 6.54 Å². The third kappa shape index (κ3) is 4.15. The fourth-order valence-corrected chi connectivity index (χ4v) is 2.87. The molecule has 2 rings (SSSR count). The van der Waals surface area contributed by atoms with Gasteiger partial charge in [0.25, 0.3) is 0 Å². The Kier molecular flexibility index (Phi) is 4.94. The van der Waals surface area contributed by atoms with E-state index in [2.05, 4.69) is 49.7 Å². The molecule has 0 fully saturated rings. The number of hydrogen-bond acceptors (Lipinski definition) is 4. The van der Waals surface area contributed by atoms with E-state index in [0.717, 1.165) is 36.8 Å². The largest absolute Gasteiger partial charge is 0.313 e. The van der Waals surface area contributed by atoms with E-state index in [1.54, 1.807) is 11.3 Å². The van der Waals surface area contributed by atoms with Crippen LogP contribution in [0.5, 0.6) is 0 Å². The Labute approximate surface area is 125 Å². The van der Waals surface area contributed by atoms with E-state index in [4.69, 9.17) is 4.98 Å². The molecule has 0 aliphatic heterocycles. The molecule has 110 valence electrons. The number of thiazole rings is 1. The maximum Gasteiger partial charge on any atom is 0.114 e. The molecule has 2 aromatic heterocycles. The lowest BCUT2D eigenvalue weighted by atomic mass is 9.93. The van der Waals surface area contributed by atoms with Crippen LogP contribution in [0.15, 0.2) is 17.8 Å². The van der Waals surface area contributed by atoms with Gasteiger partial charge in [0.2, 0.25) is 0 Å². The fraction of sp³-hybridized carbons (Fsp3) is 0.600. The Bertz CT molecular complexity index is 536. The van der Waals surface area contributed by atoms with Crippen LogP contribution >= 0.6 is 11.3 Å². The average Bonchev–Trinajstić information content (AvgIpc) is 2.99. The monoisotopic (exact) mass is 292 g/mol. The first-order chi connectivity index (χ1) is 9.49. The van der Waals surface area contributed by atoms with Crippen molar-refractivity contribution in [2.45, 2.75) is 52.6 Å². The molecule has 20 heavy (non-hydrogen) atoms. The number of nitrogens with one attached hydrogen (secondary N) is 1. The molecule has 0 bridgehead atoms. The van der Waals surface area contributed by atoms with E-state index in [0.29, 0.717) is 0 Å². The van der Waals surface area contributed by atoms with Crippen molar-refractivity contribution in [3.8, 4) is 0 Å². The van der Waals surface area contributed by atoms with Gasteiger partial charge in [-0.05, 0) is 13.0 Å². The lowest BCUT2D eigenvalue weighted by molar-refractivity contribution is 0.567. The summed E-state index contributed by atoms with van der Waals surface area (Å²) in [5.41, 5.74) is 2.51. The second-order valence-corrected chi connectivity index (χ2v) is 7.04. The van der Waals surface area contributed by atoms with E-state index in [1.807, 2.05) is 10.9 Å². The Balaban J connectivity index is 1.95.